The van der Waals surface area contributed by atoms with Crippen LogP contribution in [0.4, 0.5) is 5.69 Å². The Morgan fingerprint density at radius 1 is 1.18 bits per heavy atom. The van der Waals surface area contributed by atoms with E-state index in [1.165, 1.54) is 16.8 Å². The van der Waals surface area contributed by atoms with Crippen LogP contribution in [0.15, 0.2) is 18.2 Å². The van der Waals surface area contributed by atoms with Crippen molar-refractivity contribution < 1.29 is 19.4 Å². The number of morpholine rings is 1. The summed E-state index contributed by atoms with van der Waals surface area (Å²) in [7, 11) is 0. The number of aryl methyl sites for hydroxylation is 1. The maximum Gasteiger partial charge on any atom is 0.274 e. The number of aliphatic hydroxyl groups excluding tert-OH is 1. The molecule has 0 radical (unpaired) electrons. The van der Waals surface area contributed by atoms with E-state index in [1.54, 1.807) is 4.90 Å². The van der Waals surface area contributed by atoms with E-state index in [2.05, 4.69) is 41.8 Å². The molecule has 3 aliphatic carbocycles. The van der Waals surface area contributed by atoms with Gasteiger partial charge in [0.25, 0.3) is 5.91 Å². The average molecular weight is 520 g/mol. The van der Waals surface area contributed by atoms with E-state index in [0.29, 0.717) is 43.8 Å². The second-order valence-electron chi connectivity index (χ2n) is 12.0. The second kappa shape index (κ2) is 8.81. The summed E-state index contributed by atoms with van der Waals surface area (Å²) in [4.78, 5) is 33.6. The van der Waals surface area contributed by atoms with Crippen LogP contribution in [0.3, 0.4) is 0 Å². The first kappa shape index (κ1) is 24.2. The number of rotatable bonds is 5. The van der Waals surface area contributed by atoms with Crippen molar-refractivity contribution >= 4 is 17.5 Å². The van der Waals surface area contributed by atoms with Gasteiger partial charge in [-0.05, 0) is 68.6 Å². The van der Waals surface area contributed by atoms with Gasteiger partial charge in [0.15, 0.2) is 5.69 Å². The minimum absolute atomic E-state index is 0.0876. The number of piperazine rings is 1. The van der Waals surface area contributed by atoms with Crippen molar-refractivity contribution in [2.45, 2.75) is 63.6 Å². The van der Waals surface area contributed by atoms with Gasteiger partial charge >= 0.3 is 0 Å². The maximum atomic E-state index is 13.7. The predicted octanol–water partition coefficient (Wildman–Crippen LogP) is 1.87. The summed E-state index contributed by atoms with van der Waals surface area (Å²) in [5.41, 5.74) is 6.46. The molecule has 7 rings (SSSR count). The Morgan fingerprint density at radius 2 is 2.03 bits per heavy atom. The van der Waals surface area contributed by atoms with Crippen LogP contribution < -0.4 is 4.90 Å². The summed E-state index contributed by atoms with van der Waals surface area (Å²) in [5.74, 6) is 1.00. The van der Waals surface area contributed by atoms with Crippen LogP contribution in [0.5, 0.6) is 0 Å². The highest BCUT2D eigenvalue weighted by Gasteiger charge is 2.54. The first-order valence-electron chi connectivity index (χ1n) is 14.1. The van der Waals surface area contributed by atoms with Crippen molar-refractivity contribution in [3.05, 3.63) is 46.3 Å². The molecule has 0 bridgehead atoms. The van der Waals surface area contributed by atoms with Crippen LogP contribution in [0.2, 0.25) is 0 Å². The summed E-state index contributed by atoms with van der Waals surface area (Å²) in [6, 6.07) is 6.47. The van der Waals surface area contributed by atoms with Crippen LogP contribution >= 0.6 is 0 Å². The number of aliphatic hydroxyl groups is 1. The van der Waals surface area contributed by atoms with E-state index < -0.39 is 0 Å². The zero-order valence-corrected chi connectivity index (χ0v) is 22.4. The number of hydrogen-bond acceptors (Lipinski definition) is 6. The molecule has 202 valence electrons. The third kappa shape index (κ3) is 3.85. The molecule has 2 saturated carbocycles. The Kier molecular flexibility index (Phi) is 5.60. The van der Waals surface area contributed by atoms with Gasteiger partial charge in [-0.1, -0.05) is 12.1 Å². The first-order valence-corrected chi connectivity index (χ1v) is 14.1. The lowest BCUT2D eigenvalue weighted by atomic mass is 10.0. The molecule has 3 atom stereocenters. The van der Waals surface area contributed by atoms with Crippen molar-refractivity contribution in [3.63, 3.8) is 0 Å². The molecule has 4 fully saturated rings. The molecule has 3 heterocycles. The van der Waals surface area contributed by atoms with Gasteiger partial charge < -0.3 is 24.5 Å². The monoisotopic (exact) mass is 519 g/mol. The van der Waals surface area contributed by atoms with Crippen molar-refractivity contribution in [2.75, 3.05) is 50.8 Å². The van der Waals surface area contributed by atoms with Gasteiger partial charge in [-0.2, -0.15) is 5.10 Å². The van der Waals surface area contributed by atoms with Gasteiger partial charge in [-0.25, -0.2) is 0 Å². The van der Waals surface area contributed by atoms with Crippen molar-refractivity contribution in [2.24, 2.45) is 5.92 Å². The maximum absolute atomic E-state index is 13.7. The lowest BCUT2D eigenvalue weighted by Gasteiger charge is -2.44. The van der Waals surface area contributed by atoms with Crippen molar-refractivity contribution in [3.8, 4) is 0 Å². The fourth-order valence-corrected chi connectivity index (χ4v) is 7.08. The molecule has 1 N–H and O–H groups in total. The minimum Gasteiger partial charge on any atom is -0.394 e. The van der Waals surface area contributed by atoms with E-state index in [1.807, 2.05) is 4.68 Å². The van der Waals surface area contributed by atoms with Gasteiger partial charge in [-0.3, -0.25) is 14.3 Å². The number of amides is 2. The van der Waals surface area contributed by atoms with Crippen molar-refractivity contribution in [1.82, 2.24) is 19.6 Å². The standard InChI is InChI=1S/C29H37N5O4/c1-18-4-3-5-23(19(18)2)32-8-9-33(29(17-32)6-7-29)25(36)15-34-24-13-20-12-22(20)26(24)27(30-34)28(37)31-10-11-38-21(14-31)16-35/h3-5,20-22,35H,6-17H2,1-2H3/t20-,21-,22-/m1/s1. The molecule has 2 saturated heterocycles. The Balaban J connectivity index is 1.10. The SMILES string of the molecule is Cc1cccc(N2CCN(C(=O)Cn3nc(C(=O)N4CCO[C@@H](CO)C4)c4c3C[C@H]3C[C@@H]43)C3(CC3)C2)c1C. The number of aromatic nitrogens is 2. The van der Waals surface area contributed by atoms with Crippen molar-refractivity contribution in [1.29, 1.82) is 0 Å². The molecular formula is C29H37N5O4. The number of hydrogen-bond donors (Lipinski definition) is 1. The molecule has 2 aliphatic heterocycles. The van der Waals surface area contributed by atoms with Crippen LogP contribution in [0, 0.1) is 19.8 Å². The van der Waals surface area contributed by atoms with Gasteiger partial charge in [0.2, 0.25) is 5.91 Å². The summed E-state index contributed by atoms with van der Waals surface area (Å²) in [6.07, 6.45) is 3.73. The predicted molar refractivity (Wildman–Crippen MR) is 141 cm³/mol. The summed E-state index contributed by atoms with van der Waals surface area (Å²) >= 11 is 0. The normalized spacial score (nSPS) is 26.9. The smallest absolute Gasteiger partial charge is 0.274 e. The van der Waals surface area contributed by atoms with Crippen LogP contribution in [0.25, 0.3) is 0 Å². The molecule has 9 heteroatoms. The average Bonchev–Trinajstić information content (AvgIpc) is 3.81. The number of anilines is 1. The Bertz CT molecular complexity index is 1300. The van der Waals surface area contributed by atoms with Gasteiger partial charge in [0, 0.05) is 49.7 Å². The number of carbonyl (C=O) groups excluding carboxylic acids is 2. The number of benzene rings is 1. The Morgan fingerprint density at radius 3 is 2.82 bits per heavy atom. The Labute approximate surface area is 223 Å². The highest BCUT2D eigenvalue weighted by molar-refractivity contribution is 5.95. The van der Waals surface area contributed by atoms with Crippen LogP contribution in [-0.2, 0) is 22.5 Å². The number of carbonyl (C=O) groups is 2. The molecule has 38 heavy (non-hydrogen) atoms. The summed E-state index contributed by atoms with van der Waals surface area (Å²) in [5, 5.41) is 14.3. The van der Waals surface area contributed by atoms with E-state index in [-0.39, 0.29) is 36.6 Å². The number of fused-ring (bicyclic) bond motifs is 3. The zero-order chi connectivity index (χ0) is 26.2. The third-order valence-corrected chi connectivity index (χ3v) is 9.66. The van der Waals surface area contributed by atoms with E-state index >= 15 is 0 Å². The van der Waals surface area contributed by atoms with E-state index in [4.69, 9.17) is 9.84 Å². The van der Waals surface area contributed by atoms with E-state index in [9.17, 15) is 14.7 Å². The fraction of sp³-hybridized carbons (Fsp3) is 0.621. The molecule has 1 aromatic heterocycles. The molecule has 9 nitrogen and oxygen atoms in total. The topological polar surface area (TPSA) is 91.1 Å². The molecule has 2 amide bonds. The van der Waals surface area contributed by atoms with Gasteiger partial charge in [-0.15, -0.1) is 0 Å². The molecule has 0 unspecified atom stereocenters. The van der Waals surface area contributed by atoms with Crippen LogP contribution in [0.1, 0.15) is 58.1 Å². The second-order valence-corrected chi connectivity index (χ2v) is 12.0. The third-order valence-electron chi connectivity index (χ3n) is 9.66. The zero-order valence-electron chi connectivity index (χ0n) is 22.4. The molecule has 1 spiro atoms. The Hall–Kier alpha value is -2.91. The first-order chi connectivity index (χ1) is 18.4. The summed E-state index contributed by atoms with van der Waals surface area (Å²) in [6.45, 7) is 8.13. The highest BCUT2D eigenvalue weighted by atomic mass is 16.5. The van der Waals surface area contributed by atoms with Crippen LogP contribution in [-0.4, -0.2) is 94.1 Å². The molecule has 2 aromatic rings. The fourth-order valence-electron chi connectivity index (χ4n) is 7.08. The lowest BCUT2D eigenvalue weighted by Crippen LogP contribution is -2.58. The van der Waals surface area contributed by atoms with E-state index in [0.717, 1.165) is 50.0 Å². The number of nitrogens with zero attached hydrogens (tertiary/aromatic N) is 5. The quantitative estimate of drug-likeness (QED) is 0.649. The highest BCUT2D eigenvalue weighted by Crippen LogP contribution is 2.57. The minimum atomic E-state index is -0.352. The lowest BCUT2D eigenvalue weighted by molar-refractivity contribution is -0.135. The molecule has 5 aliphatic rings. The molecular weight excluding hydrogens is 482 g/mol. The summed E-state index contributed by atoms with van der Waals surface area (Å²) < 4.78 is 7.38. The largest absolute Gasteiger partial charge is 0.394 e. The van der Waals surface area contributed by atoms with Gasteiger partial charge in [0.1, 0.15) is 6.54 Å². The number of ether oxygens (including phenoxy) is 1. The van der Waals surface area contributed by atoms with Gasteiger partial charge in [0.05, 0.1) is 24.9 Å². The molecule has 1 aromatic carbocycles.